The molecule has 0 fully saturated rings. The highest BCUT2D eigenvalue weighted by atomic mass is 16.5. The number of ether oxygens (including phenoxy) is 2. The van der Waals surface area contributed by atoms with Gasteiger partial charge in [0.15, 0.2) is 0 Å². The highest BCUT2D eigenvalue weighted by Gasteiger charge is 2.11. The molecule has 0 saturated carbocycles. The fourth-order valence-corrected chi connectivity index (χ4v) is 1.90. The molecule has 0 aliphatic rings. The second-order valence-corrected chi connectivity index (χ2v) is 4.41. The highest BCUT2D eigenvalue weighted by molar-refractivity contribution is 6.06. The third kappa shape index (κ3) is 3.36. The SMILES string of the molecule is COc1ccc(NC(=O)c2cc(N)cc(N)c2)c(OC)c1. The number of hydrogen-bond donors (Lipinski definition) is 3. The van der Waals surface area contributed by atoms with Crippen molar-refractivity contribution in [3.05, 3.63) is 42.0 Å². The summed E-state index contributed by atoms with van der Waals surface area (Å²) < 4.78 is 10.3. The van der Waals surface area contributed by atoms with Gasteiger partial charge in [-0.15, -0.1) is 0 Å². The lowest BCUT2D eigenvalue weighted by Gasteiger charge is -2.12. The molecule has 0 spiro atoms. The third-order valence-corrected chi connectivity index (χ3v) is 2.90. The van der Waals surface area contributed by atoms with Crippen LogP contribution in [0.1, 0.15) is 10.4 Å². The molecule has 0 heterocycles. The van der Waals surface area contributed by atoms with Crippen LogP contribution in [0.5, 0.6) is 11.5 Å². The molecule has 6 nitrogen and oxygen atoms in total. The molecule has 0 aliphatic heterocycles. The predicted octanol–water partition coefficient (Wildman–Crippen LogP) is 2.12. The summed E-state index contributed by atoms with van der Waals surface area (Å²) in [7, 11) is 3.07. The smallest absolute Gasteiger partial charge is 0.255 e. The monoisotopic (exact) mass is 287 g/mol. The molecule has 0 radical (unpaired) electrons. The normalized spacial score (nSPS) is 10.0. The van der Waals surface area contributed by atoms with Gasteiger partial charge in [0, 0.05) is 23.0 Å². The van der Waals surface area contributed by atoms with Gasteiger partial charge in [0.1, 0.15) is 11.5 Å². The van der Waals surface area contributed by atoms with Crippen LogP contribution in [0, 0.1) is 0 Å². The lowest BCUT2D eigenvalue weighted by atomic mass is 10.1. The van der Waals surface area contributed by atoms with E-state index >= 15 is 0 Å². The Balaban J connectivity index is 2.26. The van der Waals surface area contributed by atoms with E-state index in [0.717, 1.165) is 0 Å². The number of nitrogens with one attached hydrogen (secondary N) is 1. The molecule has 0 aliphatic carbocycles. The fraction of sp³-hybridized carbons (Fsp3) is 0.133. The lowest BCUT2D eigenvalue weighted by Crippen LogP contribution is -2.13. The second kappa shape index (κ2) is 6.04. The molecule has 21 heavy (non-hydrogen) atoms. The Hall–Kier alpha value is -2.89. The van der Waals surface area contributed by atoms with Gasteiger partial charge in [0.25, 0.3) is 5.91 Å². The van der Waals surface area contributed by atoms with Crippen LogP contribution in [0.2, 0.25) is 0 Å². The molecule has 0 atom stereocenters. The Kier molecular flexibility index (Phi) is 4.18. The Morgan fingerprint density at radius 1 is 1.00 bits per heavy atom. The maximum atomic E-state index is 12.2. The molecule has 2 aromatic rings. The number of nitrogens with two attached hydrogens (primary N) is 2. The summed E-state index contributed by atoms with van der Waals surface area (Å²) in [6, 6.07) is 9.81. The predicted molar refractivity (Wildman–Crippen MR) is 82.8 cm³/mol. The zero-order valence-corrected chi connectivity index (χ0v) is 11.8. The van der Waals surface area contributed by atoms with E-state index in [1.165, 1.54) is 7.11 Å². The molecule has 0 saturated heterocycles. The van der Waals surface area contributed by atoms with Crippen LogP contribution in [0.3, 0.4) is 0 Å². The molecular formula is C15H17N3O3. The first kappa shape index (κ1) is 14.5. The number of nitrogen functional groups attached to an aromatic ring is 2. The number of amides is 1. The van der Waals surface area contributed by atoms with E-state index < -0.39 is 0 Å². The number of rotatable bonds is 4. The lowest BCUT2D eigenvalue weighted by molar-refractivity contribution is 0.102. The van der Waals surface area contributed by atoms with Crippen molar-refractivity contribution >= 4 is 23.0 Å². The van der Waals surface area contributed by atoms with Crippen LogP contribution in [0.4, 0.5) is 17.1 Å². The van der Waals surface area contributed by atoms with Gasteiger partial charge < -0.3 is 26.3 Å². The van der Waals surface area contributed by atoms with Crippen molar-refractivity contribution in [2.75, 3.05) is 31.0 Å². The first-order valence-corrected chi connectivity index (χ1v) is 6.23. The molecule has 0 aromatic heterocycles. The van der Waals surface area contributed by atoms with Gasteiger partial charge in [-0.05, 0) is 30.3 Å². The van der Waals surface area contributed by atoms with E-state index in [4.69, 9.17) is 20.9 Å². The van der Waals surface area contributed by atoms with Crippen molar-refractivity contribution in [2.24, 2.45) is 0 Å². The van der Waals surface area contributed by atoms with Crippen LogP contribution in [0.15, 0.2) is 36.4 Å². The summed E-state index contributed by atoms with van der Waals surface area (Å²) in [5.41, 5.74) is 13.1. The van der Waals surface area contributed by atoms with Gasteiger partial charge in [0.05, 0.1) is 19.9 Å². The third-order valence-electron chi connectivity index (χ3n) is 2.90. The topological polar surface area (TPSA) is 99.6 Å². The van der Waals surface area contributed by atoms with Gasteiger partial charge in [-0.25, -0.2) is 0 Å². The zero-order valence-electron chi connectivity index (χ0n) is 11.8. The van der Waals surface area contributed by atoms with Gasteiger partial charge >= 0.3 is 0 Å². The number of methoxy groups -OCH3 is 2. The van der Waals surface area contributed by atoms with Gasteiger partial charge in [-0.2, -0.15) is 0 Å². The maximum Gasteiger partial charge on any atom is 0.255 e. The summed E-state index contributed by atoms with van der Waals surface area (Å²) in [4.78, 5) is 12.2. The Morgan fingerprint density at radius 3 is 2.24 bits per heavy atom. The molecule has 5 N–H and O–H groups in total. The summed E-state index contributed by atoms with van der Waals surface area (Å²) >= 11 is 0. The Labute approximate surface area is 122 Å². The van der Waals surface area contributed by atoms with Crippen molar-refractivity contribution in [3.8, 4) is 11.5 Å². The van der Waals surface area contributed by atoms with Crippen LogP contribution < -0.4 is 26.3 Å². The van der Waals surface area contributed by atoms with E-state index in [1.807, 2.05) is 0 Å². The van der Waals surface area contributed by atoms with E-state index in [-0.39, 0.29) is 5.91 Å². The van der Waals surface area contributed by atoms with Crippen LogP contribution in [0.25, 0.3) is 0 Å². The number of benzene rings is 2. The van der Waals surface area contributed by atoms with Crippen molar-refractivity contribution in [3.63, 3.8) is 0 Å². The minimum atomic E-state index is -0.322. The van der Waals surface area contributed by atoms with Crippen molar-refractivity contribution < 1.29 is 14.3 Å². The van der Waals surface area contributed by atoms with Crippen LogP contribution in [-0.2, 0) is 0 Å². The maximum absolute atomic E-state index is 12.2. The summed E-state index contributed by atoms with van der Waals surface area (Å²) in [5, 5.41) is 2.75. The molecular weight excluding hydrogens is 270 g/mol. The zero-order chi connectivity index (χ0) is 15.4. The largest absolute Gasteiger partial charge is 0.497 e. The molecule has 1 amide bonds. The van der Waals surface area contributed by atoms with E-state index in [0.29, 0.717) is 34.1 Å². The first-order valence-electron chi connectivity index (χ1n) is 6.23. The van der Waals surface area contributed by atoms with E-state index in [9.17, 15) is 4.79 Å². The average molecular weight is 287 g/mol. The van der Waals surface area contributed by atoms with Crippen molar-refractivity contribution in [1.82, 2.24) is 0 Å². The Bertz CT molecular complexity index is 651. The molecule has 2 aromatic carbocycles. The summed E-state index contributed by atoms with van der Waals surface area (Å²) in [6.45, 7) is 0. The van der Waals surface area contributed by atoms with Crippen molar-refractivity contribution in [2.45, 2.75) is 0 Å². The molecule has 6 heteroatoms. The minimum Gasteiger partial charge on any atom is -0.497 e. The van der Waals surface area contributed by atoms with E-state index in [2.05, 4.69) is 5.32 Å². The highest BCUT2D eigenvalue weighted by Crippen LogP contribution is 2.29. The standard InChI is InChI=1S/C15H17N3O3/c1-20-12-3-4-13(14(8-12)21-2)18-15(19)9-5-10(16)7-11(17)6-9/h3-8H,16-17H2,1-2H3,(H,18,19). The van der Waals surface area contributed by atoms with E-state index in [1.54, 1.807) is 43.5 Å². The fourth-order valence-electron chi connectivity index (χ4n) is 1.90. The molecule has 0 bridgehead atoms. The van der Waals surface area contributed by atoms with Gasteiger partial charge in [0.2, 0.25) is 0 Å². The molecule has 0 unspecified atom stereocenters. The number of anilines is 3. The Morgan fingerprint density at radius 2 is 1.67 bits per heavy atom. The average Bonchev–Trinajstić information content (AvgIpc) is 2.46. The van der Waals surface area contributed by atoms with Crippen LogP contribution >= 0.6 is 0 Å². The van der Waals surface area contributed by atoms with Gasteiger partial charge in [-0.1, -0.05) is 0 Å². The number of carbonyl (C=O) groups is 1. The second-order valence-electron chi connectivity index (χ2n) is 4.41. The summed E-state index contributed by atoms with van der Waals surface area (Å²) in [5.74, 6) is 0.815. The summed E-state index contributed by atoms with van der Waals surface area (Å²) in [6.07, 6.45) is 0. The van der Waals surface area contributed by atoms with Gasteiger partial charge in [-0.3, -0.25) is 4.79 Å². The minimum absolute atomic E-state index is 0.322. The molecule has 110 valence electrons. The number of carbonyl (C=O) groups excluding carboxylic acids is 1. The number of hydrogen-bond acceptors (Lipinski definition) is 5. The van der Waals surface area contributed by atoms with Crippen molar-refractivity contribution in [1.29, 1.82) is 0 Å². The van der Waals surface area contributed by atoms with Crippen LogP contribution in [-0.4, -0.2) is 20.1 Å². The molecule has 2 rings (SSSR count). The first-order chi connectivity index (χ1) is 10.0. The quantitative estimate of drug-likeness (QED) is 0.748.